The Morgan fingerprint density at radius 2 is 1.93 bits per heavy atom. The fourth-order valence-corrected chi connectivity index (χ4v) is 0.985. The van der Waals surface area contributed by atoms with Gasteiger partial charge < -0.3 is 0 Å². The van der Waals surface area contributed by atoms with E-state index in [2.05, 4.69) is 5.43 Å². The Morgan fingerprint density at radius 1 is 1.36 bits per heavy atom. The smallest absolute Gasteiger partial charge is 0.258 e. The Hall–Kier alpha value is -1.46. The average molecular weight is 195 g/mol. The molecule has 0 heterocycles. The molecular weight excluding hydrogens is 182 g/mol. The van der Waals surface area contributed by atoms with E-state index >= 15 is 0 Å². The van der Waals surface area contributed by atoms with Crippen LogP contribution in [0.2, 0.25) is 0 Å². The first kappa shape index (κ1) is 10.6. The molecule has 0 fully saturated rings. The topological polar surface area (TPSA) is 58.4 Å². The fourth-order valence-electron chi connectivity index (χ4n) is 0.985. The van der Waals surface area contributed by atoms with Gasteiger partial charge >= 0.3 is 0 Å². The number of nitrogens with one attached hydrogen (secondary N) is 1. The summed E-state index contributed by atoms with van der Waals surface area (Å²) in [6.07, 6.45) is 0. The van der Waals surface area contributed by atoms with Gasteiger partial charge in [0.2, 0.25) is 0 Å². The second kappa shape index (κ2) is 4.69. The molecule has 14 heavy (non-hydrogen) atoms. The second-order valence-corrected chi connectivity index (χ2v) is 3.15. The molecule has 0 unspecified atom stereocenters. The van der Waals surface area contributed by atoms with Crippen LogP contribution in [0.3, 0.4) is 0 Å². The van der Waals surface area contributed by atoms with Gasteiger partial charge in [-0.3, -0.25) is 20.5 Å². The van der Waals surface area contributed by atoms with Crippen molar-refractivity contribution in [3.05, 3.63) is 39.9 Å². The van der Waals surface area contributed by atoms with E-state index in [0.717, 1.165) is 5.56 Å². The summed E-state index contributed by atoms with van der Waals surface area (Å²) in [5, 5.41) is 12.2. The third kappa shape index (κ3) is 3.12. The van der Waals surface area contributed by atoms with Crippen molar-refractivity contribution in [1.82, 2.24) is 10.4 Å². The van der Waals surface area contributed by atoms with E-state index in [1.54, 1.807) is 12.1 Å². The monoisotopic (exact) mass is 195 g/mol. The maximum Gasteiger partial charge on any atom is 0.269 e. The molecule has 0 saturated carbocycles. The van der Waals surface area contributed by atoms with Gasteiger partial charge in [-0.05, 0) is 5.56 Å². The van der Waals surface area contributed by atoms with Crippen molar-refractivity contribution in [2.75, 3.05) is 14.1 Å². The highest BCUT2D eigenvalue weighted by atomic mass is 16.6. The largest absolute Gasteiger partial charge is 0.269 e. The average Bonchev–Trinajstić information content (AvgIpc) is 2.15. The number of hydrogen-bond acceptors (Lipinski definition) is 4. The van der Waals surface area contributed by atoms with Crippen molar-refractivity contribution in [3.63, 3.8) is 0 Å². The van der Waals surface area contributed by atoms with Gasteiger partial charge in [0.15, 0.2) is 0 Å². The molecule has 0 aromatic heterocycles. The molecule has 0 aliphatic rings. The van der Waals surface area contributed by atoms with Crippen LogP contribution in [-0.4, -0.2) is 24.0 Å². The number of benzene rings is 1. The summed E-state index contributed by atoms with van der Waals surface area (Å²) in [6.45, 7) is 0.672. The molecule has 0 aliphatic carbocycles. The summed E-state index contributed by atoms with van der Waals surface area (Å²) >= 11 is 0. The van der Waals surface area contributed by atoms with Crippen molar-refractivity contribution in [2.24, 2.45) is 0 Å². The minimum Gasteiger partial charge on any atom is -0.258 e. The normalized spacial score (nSPS) is 10.5. The number of hydrazine groups is 1. The zero-order valence-electron chi connectivity index (χ0n) is 8.23. The predicted molar refractivity (Wildman–Crippen MR) is 53.6 cm³/mol. The molecule has 1 aromatic carbocycles. The van der Waals surface area contributed by atoms with Crippen LogP contribution in [0.15, 0.2) is 24.3 Å². The van der Waals surface area contributed by atoms with Gasteiger partial charge in [-0.15, -0.1) is 0 Å². The van der Waals surface area contributed by atoms with Crippen molar-refractivity contribution >= 4 is 5.69 Å². The summed E-state index contributed by atoms with van der Waals surface area (Å²) in [6, 6.07) is 6.50. The van der Waals surface area contributed by atoms with Crippen LogP contribution in [0.1, 0.15) is 5.56 Å². The molecule has 1 aromatic rings. The van der Waals surface area contributed by atoms with Gasteiger partial charge in [-0.25, -0.2) is 0 Å². The Kier molecular flexibility index (Phi) is 3.55. The molecule has 1 N–H and O–H groups in total. The van der Waals surface area contributed by atoms with Gasteiger partial charge in [0, 0.05) is 32.8 Å². The lowest BCUT2D eigenvalue weighted by atomic mass is 10.2. The molecule has 5 heteroatoms. The van der Waals surface area contributed by atoms with Gasteiger partial charge in [0.05, 0.1) is 4.92 Å². The Labute approximate surface area is 82.5 Å². The van der Waals surface area contributed by atoms with Gasteiger partial charge in [0.25, 0.3) is 5.69 Å². The summed E-state index contributed by atoms with van der Waals surface area (Å²) in [7, 11) is 3.79. The first-order valence-electron chi connectivity index (χ1n) is 4.24. The Bertz CT molecular complexity index is 308. The highest BCUT2D eigenvalue weighted by Gasteiger charge is 2.03. The van der Waals surface area contributed by atoms with E-state index in [-0.39, 0.29) is 5.69 Å². The quantitative estimate of drug-likeness (QED) is 0.578. The minimum atomic E-state index is -0.400. The van der Waals surface area contributed by atoms with Crippen molar-refractivity contribution in [3.8, 4) is 0 Å². The van der Waals surface area contributed by atoms with Crippen LogP contribution >= 0.6 is 0 Å². The lowest BCUT2D eigenvalue weighted by molar-refractivity contribution is -0.384. The summed E-state index contributed by atoms with van der Waals surface area (Å²) in [5.41, 5.74) is 4.22. The number of nitro benzene ring substituents is 1. The number of nitro groups is 1. The molecule has 0 aliphatic heterocycles. The maximum atomic E-state index is 10.4. The highest BCUT2D eigenvalue weighted by Crippen LogP contribution is 2.11. The van der Waals surface area contributed by atoms with Crippen LogP contribution in [-0.2, 0) is 6.54 Å². The highest BCUT2D eigenvalue weighted by molar-refractivity contribution is 5.32. The fraction of sp³-hybridized carbons (Fsp3) is 0.333. The van der Waals surface area contributed by atoms with Gasteiger partial charge in [-0.1, -0.05) is 12.1 Å². The Morgan fingerprint density at radius 3 is 2.36 bits per heavy atom. The molecule has 0 bridgehead atoms. The van der Waals surface area contributed by atoms with E-state index in [0.29, 0.717) is 6.54 Å². The van der Waals surface area contributed by atoms with Crippen LogP contribution in [0, 0.1) is 10.1 Å². The van der Waals surface area contributed by atoms with Crippen LogP contribution < -0.4 is 5.43 Å². The molecule has 1 rings (SSSR count). The third-order valence-corrected chi connectivity index (χ3v) is 1.75. The number of nitrogens with zero attached hydrogens (tertiary/aromatic N) is 2. The van der Waals surface area contributed by atoms with Gasteiger partial charge in [0.1, 0.15) is 0 Å². The maximum absolute atomic E-state index is 10.4. The van der Waals surface area contributed by atoms with Crippen molar-refractivity contribution in [2.45, 2.75) is 6.54 Å². The number of rotatable bonds is 4. The first-order valence-corrected chi connectivity index (χ1v) is 4.24. The first-order chi connectivity index (χ1) is 6.59. The SMILES string of the molecule is CN(C)NCc1ccc([N+](=O)[O-])cc1. The van der Waals surface area contributed by atoms with E-state index < -0.39 is 4.92 Å². The molecule has 76 valence electrons. The number of hydrogen-bond donors (Lipinski definition) is 1. The number of non-ortho nitro benzene ring substituents is 1. The minimum absolute atomic E-state index is 0.124. The molecule has 0 amide bonds. The predicted octanol–water partition coefficient (Wildman–Crippen LogP) is 1.16. The molecule has 0 radical (unpaired) electrons. The van der Waals surface area contributed by atoms with Crippen LogP contribution in [0.4, 0.5) is 5.69 Å². The van der Waals surface area contributed by atoms with Crippen LogP contribution in [0.5, 0.6) is 0 Å². The molecule has 0 spiro atoms. The molecular formula is C9H13N3O2. The summed E-state index contributed by atoms with van der Waals surface area (Å²) in [4.78, 5) is 9.96. The zero-order chi connectivity index (χ0) is 10.6. The summed E-state index contributed by atoms with van der Waals surface area (Å²) < 4.78 is 0. The standard InChI is InChI=1S/C9H13N3O2/c1-11(2)10-7-8-3-5-9(6-4-8)12(13)14/h3-6,10H,7H2,1-2H3. The van der Waals surface area contributed by atoms with Crippen molar-refractivity contribution in [1.29, 1.82) is 0 Å². The van der Waals surface area contributed by atoms with Crippen LogP contribution in [0.25, 0.3) is 0 Å². The third-order valence-electron chi connectivity index (χ3n) is 1.75. The second-order valence-electron chi connectivity index (χ2n) is 3.15. The van der Waals surface area contributed by atoms with E-state index in [1.807, 2.05) is 19.1 Å². The molecule has 5 nitrogen and oxygen atoms in total. The van der Waals surface area contributed by atoms with Crippen molar-refractivity contribution < 1.29 is 4.92 Å². The van der Waals surface area contributed by atoms with E-state index in [9.17, 15) is 10.1 Å². The van der Waals surface area contributed by atoms with E-state index in [1.165, 1.54) is 12.1 Å². The Balaban J connectivity index is 2.60. The molecule has 0 saturated heterocycles. The lowest BCUT2D eigenvalue weighted by Gasteiger charge is -2.11. The lowest BCUT2D eigenvalue weighted by Crippen LogP contribution is -2.29. The molecule has 0 atom stereocenters. The van der Waals surface area contributed by atoms with Gasteiger partial charge in [-0.2, -0.15) is 0 Å². The zero-order valence-corrected chi connectivity index (χ0v) is 8.23. The van der Waals surface area contributed by atoms with E-state index in [4.69, 9.17) is 0 Å². The summed E-state index contributed by atoms with van der Waals surface area (Å²) in [5.74, 6) is 0.